The molecule has 0 bridgehead atoms. The van der Waals surface area contributed by atoms with Gasteiger partial charge in [0.05, 0.1) is 20.3 Å². The molecule has 0 atom stereocenters. The highest BCUT2D eigenvalue weighted by Gasteiger charge is 2.63. The van der Waals surface area contributed by atoms with Gasteiger partial charge in [0, 0.05) is 12.1 Å². The first-order valence-corrected chi connectivity index (χ1v) is 8.60. The van der Waals surface area contributed by atoms with Gasteiger partial charge in [0.2, 0.25) is 9.84 Å². The molecule has 23 heavy (non-hydrogen) atoms. The predicted octanol–water partition coefficient (Wildman–Crippen LogP) is 6.61. The van der Waals surface area contributed by atoms with Crippen LogP contribution < -0.4 is 0 Å². The Bertz CT molecular complexity index is 788. The van der Waals surface area contributed by atoms with Crippen LogP contribution in [0, 0.1) is 10.1 Å². The number of nitrogens with zero attached hydrogens (tertiary/aromatic N) is 1. The van der Waals surface area contributed by atoms with Gasteiger partial charge in [-0.15, -0.1) is 15.5 Å². The van der Waals surface area contributed by atoms with Crippen LogP contribution in [0.3, 0.4) is 0 Å². The Labute approximate surface area is 133 Å². The van der Waals surface area contributed by atoms with Crippen LogP contribution in [-0.4, -0.2) is 4.92 Å². The van der Waals surface area contributed by atoms with E-state index in [9.17, 15) is 25.7 Å². The van der Waals surface area contributed by atoms with Crippen molar-refractivity contribution in [3.63, 3.8) is 0 Å². The second kappa shape index (κ2) is 4.97. The van der Waals surface area contributed by atoms with E-state index in [4.69, 9.17) is 11.6 Å². The second-order valence-corrected chi connectivity index (χ2v) is 8.10. The first-order chi connectivity index (χ1) is 10.4. The molecule has 124 valence electrons. The molecule has 0 aliphatic heterocycles. The molecule has 0 amide bonds. The zero-order chi connectivity index (χ0) is 17.4. The maximum absolute atomic E-state index is 14.3. The summed E-state index contributed by atoms with van der Waals surface area (Å²) in [6.45, 7) is 0. The SMILES string of the molecule is O=[N+]([O-])c1ccc(S(F)(F)(F)(F)/C=C(/Cl)c2ccccc2)cc1. The smallest absolute Gasteiger partial charge is 0.258 e. The van der Waals surface area contributed by atoms with E-state index < -0.39 is 35.8 Å². The van der Waals surface area contributed by atoms with Crippen molar-refractivity contribution in [2.75, 3.05) is 0 Å². The number of benzene rings is 2. The lowest BCUT2D eigenvalue weighted by Gasteiger charge is -2.47. The zero-order valence-corrected chi connectivity index (χ0v) is 12.9. The largest absolute Gasteiger partial charge is 0.269 e. The van der Waals surface area contributed by atoms with Crippen molar-refractivity contribution in [2.45, 2.75) is 4.90 Å². The second-order valence-electron chi connectivity index (χ2n) is 4.72. The Morgan fingerprint density at radius 1 is 1.00 bits per heavy atom. The highest BCUT2D eigenvalue weighted by atomic mass is 35.5. The zero-order valence-electron chi connectivity index (χ0n) is 11.3. The summed E-state index contributed by atoms with van der Waals surface area (Å²) in [7, 11) is -8.83. The third-order valence-electron chi connectivity index (χ3n) is 2.93. The fourth-order valence-corrected chi connectivity index (χ4v) is 3.85. The minimum atomic E-state index is -8.83. The number of rotatable bonds is 4. The van der Waals surface area contributed by atoms with Gasteiger partial charge in [-0.05, 0) is 17.7 Å². The van der Waals surface area contributed by atoms with Gasteiger partial charge in [0.1, 0.15) is 0 Å². The van der Waals surface area contributed by atoms with Gasteiger partial charge >= 0.3 is 0 Å². The molecule has 0 N–H and O–H groups in total. The van der Waals surface area contributed by atoms with Crippen molar-refractivity contribution in [3.8, 4) is 0 Å². The lowest BCUT2D eigenvalue weighted by molar-refractivity contribution is -0.384. The normalized spacial score (nSPS) is 15.6. The van der Waals surface area contributed by atoms with Crippen LogP contribution in [0.2, 0.25) is 0 Å². The van der Waals surface area contributed by atoms with E-state index in [0.29, 0.717) is 24.3 Å². The van der Waals surface area contributed by atoms with Gasteiger partial charge in [-0.2, -0.15) is 0 Å². The maximum Gasteiger partial charge on any atom is 0.269 e. The van der Waals surface area contributed by atoms with Crippen LogP contribution in [0.5, 0.6) is 0 Å². The minimum Gasteiger partial charge on any atom is -0.258 e. The van der Waals surface area contributed by atoms with Crippen LogP contribution >= 0.6 is 21.4 Å². The molecule has 2 aromatic carbocycles. The summed E-state index contributed by atoms with van der Waals surface area (Å²) < 4.78 is 57.0. The molecule has 0 saturated carbocycles. The summed E-state index contributed by atoms with van der Waals surface area (Å²) in [5, 5.41) is 9.14. The van der Waals surface area contributed by atoms with Crippen molar-refractivity contribution in [1.82, 2.24) is 0 Å². The van der Waals surface area contributed by atoms with Crippen LogP contribution in [0.25, 0.3) is 5.03 Å². The monoisotopic (exact) mass is 367 g/mol. The summed E-state index contributed by atoms with van der Waals surface area (Å²) in [6.07, 6.45) is 0. The Kier molecular flexibility index (Phi) is 3.74. The summed E-state index contributed by atoms with van der Waals surface area (Å²) in [4.78, 5) is 8.01. The summed E-state index contributed by atoms with van der Waals surface area (Å²) in [5.74, 6) is 0. The van der Waals surface area contributed by atoms with E-state index in [1.165, 1.54) is 24.3 Å². The number of nitro groups is 1. The van der Waals surface area contributed by atoms with Crippen molar-refractivity contribution < 1.29 is 20.5 Å². The molecule has 0 fully saturated rings. The van der Waals surface area contributed by atoms with E-state index in [0.717, 1.165) is 0 Å². The van der Waals surface area contributed by atoms with Gasteiger partial charge in [-0.1, -0.05) is 41.9 Å². The maximum atomic E-state index is 14.3. The summed E-state index contributed by atoms with van der Waals surface area (Å²) in [6, 6.07) is 8.99. The third kappa shape index (κ3) is 3.83. The molecule has 0 heterocycles. The van der Waals surface area contributed by atoms with Gasteiger partial charge < -0.3 is 0 Å². The molecule has 0 aromatic heterocycles. The van der Waals surface area contributed by atoms with Crippen molar-refractivity contribution in [1.29, 1.82) is 0 Å². The predicted molar refractivity (Wildman–Crippen MR) is 83.7 cm³/mol. The van der Waals surface area contributed by atoms with Crippen molar-refractivity contribution >= 4 is 32.2 Å². The van der Waals surface area contributed by atoms with E-state index in [1.54, 1.807) is 6.07 Å². The van der Waals surface area contributed by atoms with Crippen LogP contribution in [0.1, 0.15) is 5.56 Å². The van der Waals surface area contributed by atoms with E-state index in [2.05, 4.69) is 0 Å². The average Bonchev–Trinajstić information content (AvgIpc) is 2.46. The van der Waals surface area contributed by atoms with Crippen LogP contribution in [-0.2, 0) is 0 Å². The fraction of sp³-hybridized carbons (Fsp3) is 0. The molecule has 9 heteroatoms. The number of nitro benzene ring substituents is 1. The molecule has 0 saturated heterocycles. The molecule has 3 nitrogen and oxygen atoms in total. The summed E-state index contributed by atoms with van der Waals surface area (Å²) >= 11 is 5.62. The molecule has 2 rings (SSSR count). The molecule has 0 aliphatic rings. The molecular formula is C14H10ClF4NO2S. The Morgan fingerprint density at radius 2 is 1.52 bits per heavy atom. The quantitative estimate of drug-likeness (QED) is 0.347. The lowest BCUT2D eigenvalue weighted by Crippen LogP contribution is -2.10. The number of hydrogen-bond donors (Lipinski definition) is 0. The highest BCUT2D eigenvalue weighted by molar-refractivity contribution is 8.52. The van der Waals surface area contributed by atoms with E-state index >= 15 is 0 Å². The first-order valence-electron chi connectivity index (χ1n) is 6.11. The van der Waals surface area contributed by atoms with Crippen LogP contribution in [0.4, 0.5) is 21.2 Å². The lowest BCUT2D eigenvalue weighted by atomic mass is 10.2. The molecular weight excluding hydrogens is 358 g/mol. The first kappa shape index (κ1) is 17.3. The fourth-order valence-electron chi connectivity index (χ4n) is 1.79. The molecule has 2 aromatic rings. The van der Waals surface area contributed by atoms with E-state index in [-0.39, 0.29) is 5.56 Å². The minimum absolute atomic E-state index is 0.00618. The number of halogens is 5. The molecule has 0 spiro atoms. The van der Waals surface area contributed by atoms with Gasteiger partial charge in [0.25, 0.3) is 5.69 Å². The van der Waals surface area contributed by atoms with Crippen molar-refractivity contribution in [2.24, 2.45) is 0 Å². The highest BCUT2D eigenvalue weighted by Crippen LogP contribution is 3.02. The van der Waals surface area contributed by atoms with E-state index in [1.807, 2.05) is 0 Å². The standard InChI is InChI=1S/C14H10ClF4NO2S/c15-14(11-4-2-1-3-5-11)10-23(16,17,18,19)13-8-6-12(7-9-13)20(21)22/h1-10H/b14-10+. The van der Waals surface area contributed by atoms with Gasteiger partial charge in [-0.25, -0.2) is 0 Å². The van der Waals surface area contributed by atoms with Crippen molar-refractivity contribution in [3.05, 3.63) is 75.7 Å². The average molecular weight is 368 g/mol. The Balaban J connectivity index is 2.56. The Hall–Kier alpha value is -2.06. The topological polar surface area (TPSA) is 43.1 Å². The molecule has 0 aliphatic carbocycles. The van der Waals surface area contributed by atoms with Gasteiger partial charge in [0.15, 0.2) is 0 Å². The number of hydrogen-bond acceptors (Lipinski definition) is 2. The van der Waals surface area contributed by atoms with Gasteiger partial charge in [-0.3, -0.25) is 10.1 Å². The van der Waals surface area contributed by atoms with Crippen LogP contribution in [0.15, 0.2) is 64.9 Å². The summed E-state index contributed by atoms with van der Waals surface area (Å²) in [5.41, 5.74) is -0.563. The molecule has 0 radical (unpaired) electrons. The third-order valence-corrected chi connectivity index (χ3v) is 5.35. The Morgan fingerprint density at radius 3 is 2.00 bits per heavy atom. The molecule has 0 unspecified atom stereocenters. The number of non-ortho nitro benzene ring substituents is 1.